The first-order valence-corrected chi connectivity index (χ1v) is 9.57. The molecule has 1 saturated heterocycles. The fourth-order valence-electron chi connectivity index (χ4n) is 2.85. The Balaban J connectivity index is 2.32. The predicted molar refractivity (Wildman–Crippen MR) is 89.6 cm³/mol. The van der Waals surface area contributed by atoms with Crippen LogP contribution in [0.4, 0.5) is 0 Å². The Morgan fingerprint density at radius 1 is 1.33 bits per heavy atom. The van der Waals surface area contributed by atoms with Crippen molar-refractivity contribution in [3.8, 4) is 0 Å². The molecule has 1 amide bonds. The van der Waals surface area contributed by atoms with E-state index in [9.17, 15) is 23.1 Å². The molecule has 24 heavy (non-hydrogen) atoms. The summed E-state index contributed by atoms with van der Waals surface area (Å²) < 4.78 is 25.6. The van der Waals surface area contributed by atoms with Crippen molar-refractivity contribution in [1.29, 1.82) is 0 Å². The largest absolute Gasteiger partial charge is 0.480 e. The summed E-state index contributed by atoms with van der Waals surface area (Å²) in [6, 6.07) is 4.92. The molecule has 1 aliphatic rings. The van der Waals surface area contributed by atoms with E-state index >= 15 is 0 Å². The molecule has 0 aromatic heterocycles. The molecule has 0 unspecified atom stereocenters. The number of rotatable bonds is 5. The van der Waals surface area contributed by atoms with Crippen molar-refractivity contribution in [3.63, 3.8) is 0 Å². The van der Waals surface area contributed by atoms with Crippen molar-refractivity contribution in [3.05, 3.63) is 29.3 Å². The normalized spacial score (nSPS) is 21.2. The lowest BCUT2D eigenvalue weighted by atomic mass is 10.1. The molecular weight excluding hydrogens is 354 g/mol. The van der Waals surface area contributed by atoms with Gasteiger partial charge in [0.2, 0.25) is 5.91 Å². The van der Waals surface area contributed by atoms with E-state index in [4.69, 9.17) is 11.6 Å². The number of carboxylic acids is 1. The number of carbonyl (C=O) groups is 2. The average Bonchev–Trinajstić information content (AvgIpc) is 2.93. The number of sulfone groups is 1. The predicted octanol–water partition coefficient (Wildman–Crippen LogP) is 2.21. The number of halogens is 1. The van der Waals surface area contributed by atoms with Crippen LogP contribution in [0.15, 0.2) is 29.2 Å². The molecule has 1 aromatic rings. The fraction of sp³-hybridized carbons (Fsp3) is 0.500. The number of hydrogen-bond donors (Lipinski definition) is 1. The highest BCUT2D eigenvalue weighted by Crippen LogP contribution is 2.32. The topological polar surface area (TPSA) is 91.8 Å². The van der Waals surface area contributed by atoms with Crippen LogP contribution in [-0.4, -0.2) is 48.1 Å². The highest BCUT2D eigenvalue weighted by Gasteiger charge is 2.45. The van der Waals surface area contributed by atoms with Gasteiger partial charge in [0, 0.05) is 13.0 Å². The number of nitrogens with zero attached hydrogens (tertiary/aromatic N) is 1. The maximum absolute atomic E-state index is 12.8. The molecule has 6 nitrogen and oxygen atoms in total. The number of aliphatic carboxylic acids is 1. The minimum atomic E-state index is -3.82. The summed E-state index contributed by atoms with van der Waals surface area (Å²) in [5, 5.41) is 8.48. The molecule has 1 N–H and O–H groups in total. The van der Waals surface area contributed by atoms with Crippen LogP contribution < -0.4 is 0 Å². The minimum Gasteiger partial charge on any atom is -0.480 e. The van der Waals surface area contributed by atoms with Gasteiger partial charge in [0.15, 0.2) is 9.84 Å². The first kappa shape index (κ1) is 18.7. The molecule has 0 radical (unpaired) electrons. The number of amides is 1. The number of benzene rings is 1. The number of likely N-dealkylation sites (tertiary alicyclic amines) is 1. The zero-order valence-corrected chi connectivity index (χ0v) is 15.0. The van der Waals surface area contributed by atoms with Crippen LogP contribution in [0.5, 0.6) is 0 Å². The maximum atomic E-state index is 12.8. The SMILES string of the molecule is CC(C)CC(=O)N1C[C@H](S(=O)(=O)c2ccccc2Cl)C[C@H]1C(=O)O. The summed E-state index contributed by atoms with van der Waals surface area (Å²) in [6.07, 6.45) is 0.0510. The molecule has 2 rings (SSSR count). The van der Waals surface area contributed by atoms with Crippen molar-refractivity contribution >= 4 is 33.3 Å². The van der Waals surface area contributed by atoms with Crippen molar-refractivity contribution in [2.24, 2.45) is 5.92 Å². The molecule has 1 fully saturated rings. The second-order valence-corrected chi connectivity index (χ2v) is 8.93. The van der Waals surface area contributed by atoms with Gasteiger partial charge in [-0.3, -0.25) is 4.79 Å². The first-order valence-electron chi connectivity index (χ1n) is 7.65. The summed E-state index contributed by atoms with van der Waals surface area (Å²) in [5.74, 6) is -1.47. The summed E-state index contributed by atoms with van der Waals surface area (Å²) in [6.45, 7) is 3.57. The minimum absolute atomic E-state index is 0.0287. The lowest BCUT2D eigenvalue weighted by Gasteiger charge is -2.22. The molecule has 1 aliphatic heterocycles. The summed E-state index contributed by atoms with van der Waals surface area (Å²) in [4.78, 5) is 24.9. The first-order chi connectivity index (χ1) is 11.1. The molecule has 8 heteroatoms. The van der Waals surface area contributed by atoms with E-state index in [0.717, 1.165) is 0 Å². The van der Waals surface area contributed by atoms with Gasteiger partial charge >= 0.3 is 5.97 Å². The smallest absolute Gasteiger partial charge is 0.326 e. The van der Waals surface area contributed by atoms with Gasteiger partial charge < -0.3 is 10.0 Å². The van der Waals surface area contributed by atoms with E-state index in [1.54, 1.807) is 12.1 Å². The van der Waals surface area contributed by atoms with Gasteiger partial charge in [0.1, 0.15) is 6.04 Å². The maximum Gasteiger partial charge on any atom is 0.326 e. The summed E-state index contributed by atoms with van der Waals surface area (Å²) >= 11 is 5.98. The highest BCUT2D eigenvalue weighted by atomic mass is 35.5. The van der Waals surface area contributed by atoms with Crippen molar-refractivity contribution in [2.75, 3.05) is 6.54 Å². The quantitative estimate of drug-likeness (QED) is 0.854. The second kappa shape index (κ2) is 7.11. The van der Waals surface area contributed by atoms with Crippen LogP contribution in [-0.2, 0) is 19.4 Å². The monoisotopic (exact) mass is 373 g/mol. The van der Waals surface area contributed by atoms with E-state index in [0.29, 0.717) is 0 Å². The Morgan fingerprint density at radius 3 is 2.50 bits per heavy atom. The van der Waals surface area contributed by atoms with Gasteiger partial charge in [-0.1, -0.05) is 37.6 Å². The average molecular weight is 374 g/mol. The third kappa shape index (κ3) is 3.72. The van der Waals surface area contributed by atoms with Gasteiger partial charge in [-0.2, -0.15) is 0 Å². The van der Waals surface area contributed by atoms with Gasteiger partial charge in [-0.15, -0.1) is 0 Å². The van der Waals surface area contributed by atoms with E-state index in [1.807, 2.05) is 13.8 Å². The number of hydrogen-bond acceptors (Lipinski definition) is 4. The van der Waals surface area contributed by atoms with Gasteiger partial charge in [-0.25, -0.2) is 13.2 Å². The van der Waals surface area contributed by atoms with E-state index in [-0.39, 0.29) is 41.1 Å². The fourth-order valence-corrected chi connectivity index (χ4v) is 5.07. The molecule has 1 aromatic carbocycles. The van der Waals surface area contributed by atoms with Crippen LogP contribution >= 0.6 is 11.6 Å². The van der Waals surface area contributed by atoms with Crippen LogP contribution in [0.2, 0.25) is 5.02 Å². The molecule has 132 valence electrons. The van der Waals surface area contributed by atoms with Crippen LogP contribution in [0.25, 0.3) is 0 Å². The summed E-state index contributed by atoms with van der Waals surface area (Å²) in [5.41, 5.74) is 0. The van der Waals surface area contributed by atoms with Crippen molar-refractivity contribution in [1.82, 2.24) is 4.90 Å². The lowest BCUT2D eigenvalue weighted by Crippen LogP contribution is -2.41. The van der Waals surface area contributed by atoms with Crippen LogP contribution in [0, 0.1) is 5.92 Å². The van der Waals surface area contributed by atoms with Gasteiger partial charge in [-0.05, 0) is 24.5 Å². The molecular formula is C16H20ClNO5S. The Labute approximate surface area is 146 Å². The molecule has 0 aliphatic carbocycles. The van der Waals surface area contributed by atoms with Crippen molar-refractivity contribution in [2.45, 2.75) is 42.9 Å². The molecule has 2 atom stereocenters. The highest BCUT2D eigenvalue weighted by molar-refractivity contribution is 7.92. The van der Waals surface area contributed by atoms with E-state index < -0.39 is 27.1 Å². The molecule has 0 spiro atoms. The number of carbonyl (C=O) groups excluding carboxylic acids is 1. The zero-order valence-electron chi connectivity index (χ0n) is 13.5. The lowest BCUT2D eigenvalue weighted by molar-refractivity contribution is -0.148. The van der Waals surface area contributed by atoms with Crippen LogP contribution in [0.3, 0.4) is 0 Å². The van der Waals surface area contributed by atoms with Crippen LogP contribution in [0.1, 0.15) is 26.7 Å². The third-order valence-corrected chi connectivity index (χ3v) is 6.66. The zero-order chi connectivity index (χ0) is 18.1. The van der Waals surface area contributed by atoms with Gasteiger partial charge in [0.05, 0.1) is 15.2 Å². The van der Waals surface area contributed by atoms with E-state index in [2.05, 4.69) is 0 Å². The Kier molecular flexibility index (Phi) is 5.55. The third-order valence-electron chi connectivity index (χ3n) is 4.03. The van der Waals surface area contributed by atoms with Crippen molar-refractivity contribution < 1.29 is 23.1 Å². The second-order valence-electron chi connectivity index (χ2n) is 6.33. The van der Waals surface area contributed by atoms with E-state index in [1.165, 1.54) is 17.0 Å². The Morgan fingerprint density at radius 2 is 1.96 bits per heavy atom. The standard InChI is InChI=1S/C16H20ClNO5S/c1-10(2)7-15(19)18-9-11(8-13(18)16(20)21)24(22,23)14-6-4-3-5-12(14)17/h3-6,10-11,13H,7-9H2,1-2H3,(H,20,21)/t11-,13+/m1/s1. The summed E-state index contributed by atoms with van der Waals surface area (Å²) in [7, 11) is -3.82. The Bertz CT molecular complexity index is 747. The molecule has 1 heterocycles. The molecule has 0 bridgehead atoms. The Hall–Kier alpha value is -1.60. The number of carboxylic acid groups (broad SMARTS) is 1. The van der Waals surface area contributed by atoms with Gasteiger partial charge in [0.25, 0.3) is 0 Å². The molecule has 0 saturated carbocycles.